The van der Waals surface area contributed by atoms with Crippen molar-refractivity contribution < 1.29 is 24.5 Å². The third-order valence-corrected chi connectivity index (χ3v) is 7.52. The van der Waals surface area contributed by atoms with Crippen molar-refractivity contribution in [1.82, 2.24) is 10.3 Å². The number of hydrogen-bond donors (Lipinski definition) is 1. The monoisotopic (exact) mass is 741 g/mol. The Balaban J connectivity index is 0.000000170. The summed E-state index contributed by atoms with van der Waals surface area (Å²) in [6.07, 6.45) is 3.87. The molecule has 4 nitrogen and oxygen atoms in total. The quantitative estimate of drug-likeness (QED) is 0.179. The number of nitrogens with zero attached hydrogens (tertiary/aromatic N) is 2. The maximum absolute atomic E-state index is 5.97. The fourth-order valence-corrected chi connectivity index (χ4v) is 5.49. The minimum absolute atomic E-state index is 0. The molecule has 2 aromatic heterocycles. The van der Waals surface area contributed by atoms with Crippen molar-refractivity contribution in [3.63, 3.8) is 0 Å². The average Bonchev–Trinajstić information content (AvgIpc) is 3.67. The summed E-state index contributed by atoms with van der Waals surface area (Å²) in [4.78, 5) is 6.57. The van der Waals surface area contributed by atoms with E-state index in [4.69, 9.17) is 4.42 Å². The first-order valence-electron chi connectivity index (χ1n) is 14.4. The third-order valence-electron chi connectivity index (χ3n) is 7.52. The van der Waals surface area contributed by atoms with Crippen molar-refractivity contribution in [2.75, 3.05) is 4.90 Å². The zero-order valence-electron chi connectivity index (χ0n) is 24.8. The molecule has 3 heterocycles. The molecular weight excluding hydrogens is 707 g/mol. The van der Waals surface area contributed by atoms with E-state index in [-0.39, 0.29) is 20.1 Å². The number of para-hydroxylation sites is 2. The molecule has 4 aromatic carbocycles. The molecule has 1 aliphatic rings. The minimum atomic E-state index is 0. The first-order chi connectivity index (χ1) is 20.5. The molecule has 0 bridgehead atoms. The van der Waals surface area contributed by atoms with E-state index in [1.165, 1.54) is 22.4 Å². The van der Waals surface area contributed by atoms with Crippen LogP contribution in [0.15, 0.2) is 114 Å². The van der Waals surface area contributed by atoms with Gasteiger partial charge in [-0.2, -0.15) is 37.0 Å². The van der Waals surface area contributed by atoms with Crippen LogP contribution in [0, 0.1) is 18.8 Å². The van der Waals surface area contributed by atoms with Crippen LogP contribution in [0.5, 0.6) is 0 Å². The van der Waals surface area contributed by atoms with Crippen LogP contribution in [-0.2, 0) is 20.1 Å². The minimum Gasteiger partial charge on any atom is -0.520 e. The van der Waals surface area contributed by atoms with Gasteiger partial charge >= 0.3 is 20.1 Å². The number of aromatic nitrogens is 1. The van der Waals surface area contributed by atoms with Crippen LogP contribution in [0.1, 0.15) is 56.2 Å². The van der Waals surface area contributed by atoms with Crippen LogP contribution < -0.4 is 10.2 Å². The molecule has 0 atom stereocenters. The van der Waals surface area contributed by atoms with Crippen LogP contribution >= 0.6 is 0 Å². The molecule has 216 valence electrons. The van der Waals surface area contributed by atoms with Gasteiger partial charge < -0.3 is 19.6 Å². The van der Waals surface area contributed by atoms with Crippen LogP contribution in [-0.4, -0.2) is 4.98 Å². The number of rotatable bonds is 5. The molecule has 6 aromatic rings. The van der Waals surface area contributed by atoms with Gasteiger partial charge in [0.15, 0.2) is 0 Å². The van der Waals surface area contributed by atoms with Crippen LogP contribution in [0.2, 0.25) is 0 Å². The maximum atomic E-state index is 5.97. The van der Waals surface area contributed by atoms with Crippen molar-refractivity contribution >= 4 is 33.3 Å². The summed E-state index contributed by atoms with van der Waals surface area (Å²) in [5.41, 5.74) is 9.91. The Bertz CT molecular complexity index is 1820. The molecule has 0 unspecified atom stereocenters. The Labute approximate surface area is 267 Å². The topological polar surface area (TPSA) is 41.3 Å². The van der Waals surface area contributed by atoms with Gasteiger partial charge in [0, 0.05) is 22.8 Å². The van der Waals surface area contributed by atoms with E-state index in [1.54, 1.807) is 6.20 Å². The second-order valence-electron chi connectivity index (χ2n) is 11.0. The molecule has 0 amide bonds. The molecule has 1 aliphatic heterocycles. The summed E-state index contributed by atoms with van der Waals surface area (Å²) in [5.74, 6) is 0.957. The number of hydrogen-bond acceptors (Lipinski definition) is 4. The number of furan rings is 1. The average molecular weight is 741 g/mol. The molecule has 0 aliphatic carbocycles. The van der Waals surface area contributed by atoms with E-state index in [0.717, 1.165) is 38.9 Å². The summed E-state index contributed by atoms with van der Waals surface area (Å²) >= 11 is 0. The molecule has 0 saturated heterocycles. The maximum Gasteiger partial charge on any atom is 3.00 e. The third kappa shape index (κ3) is 6.15. The molecule has 0 saturated carbocycles. The Morgan fingerprint density at radius 1 is 0.767 bits per heavy atom. The smallest absolute Gasteiger partial charge is 0.520 e. The SMILES string of the molecule is CC(C)c1cccc(C(C)C)c1C1=CN[CH-]N1c1[c-]cccc1.[Ir+3].[c-]1ccc2c(oc3ccccc32)c1-c1ccccn1. The summed E-state index contributed by atoms with van der Waals surface area (Å²) in [5, 5.41) is 5.51. The predicted molar refractivity (Wildman–Crippen MR) is 174 cm³/mol. The van der Waals surface area contributed by atoms with Gasteiger partial charge in [-0.3, -0.25) is 0 Å². The van der Waals surface area contributed by atoms with Crippen molar-refractivity contribution in [1.29, 1.82) is 0 Å². The second kappa shape index (κ2) is 13.4. The number of benzene rings is 4. The second-order valence-corrected chi connectivity index (χ2v) is 11.0. The normalized spacial score (nSPS) is 12.6. The van der Waals surface area contributed by atoms with E-state index in [9.17, 15) is 0 Å². The molecule has 0 radical (unpaired) electrons. The van der Waals surface area contributed by atoms with Crippen molar-refractivity contribution in [3.05, 3.63) is 145 Å². The van der Waals surface area contributed by atoms with Gasteiger partial charge in [-0.05, 0) is 47.0 Å². The Hall–Kier alpha value is -4.18. The largest absolute Gasteiger partial charge is 3.00 e. The summed E-state index contributed by atoms with van der Waals surface area (Å²) in [7, 11) is 0. The van der Waals surface area contributed by atoms with E-state index < -0.39 is 0 Å². The fourth-order valence-electron chi connectivity index (χ4n) is 5.49. The Morgan fingerprint density at radius 2 is 1.51 bits per heavy atom. The number of pyridine rings is 1. The van der Waals surface area contributed by atoms with Gasteiger partial charge in [0.2, 0.25) is 0 Å². The van der Waals surface area contributed by atoms with Crippen LogP contribution in [0.3, 0.4) is 0 Å². The van der Waals surface area contributed by atoms with E-state index in [1.807, 2.05) is 73.4 Å². The van der Waals surface area contributed by atoms with Crippen molar-refractivity contribution in [3.8, 4) is 11.3 Å². The number of fused-ring (bicyclic) bond motifs is 3. The van der Waals surface area contributed by atoms with Gasteiger partial charge in [0.25, 0.3) is 0 Å². The first kappa shape index (κ1) is 30.3. The molecule has 43 heavy (non-hydrogen) atoms. The summed E-state index contributed by atoms with van der Waals surface area (Å²) < 4.78 is 5.97. The first-order valence-corrected chi connectivity index (χ1v) is 14.4. The van der Waals surface area contributed by atoms with Gasteiger partial charge in [-0.1, -0.05) is 87.2 Å². The zero-order valence-corrected chi connectivity index (χ0v) is 27.2. The standard InChI is InChI=1S/C21H24N2.C17H10NO.Ir/c1-15(2)18-11-8-12-19(16(3)4)21(18)20-13-22-14-23(20)17-9-6-5-7-10-17;1-2-10-16-12(6-1)13-7-5-8-14(17(13)19-16)15-9-3-4-11-18-15;/h5-9,11-16,22H,1-4H3;1-7,9-11H;/q-2;-1;+3. The molecular formula is C38H34IrN3O. The number of nitrogens with one attached hydrogen (secondary N) is 1. The van der Waals surface area contributed by atoms with Crippen LogP contribution in [0.25, 0.3) is 38.9 Å². The zero-order chi connectivity index (χ0) is 29.1. The van der Waals surface area contributed by atoms with Crippen LogP contribution in [0.4, 0.5) is 5.69 Å². The van der Waals surface area contributed by atoms with Gasteiger partial charge in [0.05, 0.1) is 5.58 Å². The van der Waals surface area contributed by atoms with Crippen molar-refractivity contribution in [2.24, 2.45) is 0 Å². The predicted octanol–water partition coefficient (Wildman–Crippen LogP) is 9.71. The fraction of sp³-hybridized carbons (Fsp3) is 0.158. The van der Waals surface area contributed by atoms with Gasteiger partial charge in [-0.15, -0.1) is 23.9 Å². The molecule has 0 fully saturated rings. The molecule has 7 rings (SSSR count). The number of anilines is 1. The van der Waals surface area contributed by atoms with Gasteiger partial charge in [-0.25, -0.2) is 0 Å². The van der Waals surface area contributed by atoms with E-state index in [2.05, 4.69) is 91.6 Å². The Morgan fingerprint density at radius 3 is 2.21 bits per heavy atom. The van der Waals surface area contributed by atoms with E-state index in [0.29, 0.717) is 11.8 Å². The van der Waals surface area contributed by atoms with E-state index >= 15 is 0 Å². The summed E-state index contributed by atoms with van der Waals surface area (Å²) in [6, 6.07) is 39.2. The van der Waals surface area contributed by atoms with Gasteiger partial charge in [0.1, 0.15) is 5.58 Å². The molecule has 0 spiro atoms. The Kier molecular flexibility index (Phi) is 9.45. The molecule has 5 heteroatoms. The summed E-state index contributed by atoms with van der Waals surface area (Å²) in [6.45, 7) is 11.0. The van der Waals surface area contributed by atoms with Crippen molar-refractivity contribution in [2.45, 2.75) is 39.5 Å². The molecule has 1 N–H and O–H groups in total.